The average molecular weight is 256 g/mol. The maximum atomic E-state index is 11.7. The molecule has 0 bridgehead atoms. The Balaban J connectivity index is 1.64. The van der Waals surface area contributed by atoms with E-state index in [0.29, 0.717) is 0 Å². The summed E-state index contributed by atoms with van der Waals surface area (Å²) in [6.07, 6.45) is 5.56. The zero-order valence-corrected chi connectivity index (χ0v) is 10.9. The van der Waals surface area contributed by atoms with Crippen molar-refractivity contribution >= 4 is 5.91 Å². The van der Waals surface area contributed by atoms with Crippen molar-refractivity contribution in [1.29, 1.82) is 0 Å². The van der Waals surface area contributed by atoms with Gasteiger partial charge in [0.05, 0.1) is 18.2 Å². The van der Waals surface area contributed by atoms with E-state index >= 15 is 0 Å². The van der Waals surface area contributed by atoms with Gasteiger partial charge in [0, 0.05) is 0 Å². The molecule has 1 amide bonds. The molecule has 0 radical (unpaired) electrons. The highest BCUT2D eigenvalue weighted by Gasteiger charge is 2.24. The maximum absolute atomic E-state index is 11.7. The van der Waals surface area contributed by atoms with Crippen molar-refractivity contribution in [3.05, 3.63) is 0 Å². The molecule has 2 aliphatic rings. The molecule has 1 saturated heterocycles. The van der Waals surface area contributed by atoms with Gasteiger partial charge in [0.15, 0.2) is 0 Å². The second kappa shape index (κ2) is 7.07. The van der Waals surface area contributed by atoms with Crippen LogP contribution in [0.1, 0.15) is 38.5 Å². The molecule has 1 heterocycles. The minimum Gasteiger partial charge on any atom is -0.391 e. The fourth-order valence-corrected chi connectivity index (χ4v) is 2.68. The summed E-state index contributed by atoms with van der Waals surface area (Å²) in [6, 6.07) is -0.0807. The van der Waals surface area contributed by atoms with Crippen LogP contribution in [0.2, 0.25) is 0 Å². The molecular weight excluding hydrogens is 232 g/mol. The van der Waals surface area contributed by atoms with Crippen LogP contribution >= 0.6 is 0 Å². The molecule has 2 unspecified atom stereocenters. The van der Waals surface area contributed by atoms with Gasteiger partial charge in [-0.2, -0.15) is 0 Å². The van der Waals surface area contributed by atoms with Gasteiger partial charge in [-0.05, 0) is 38.8 Å². The molecule has 2 atom stereocenters. The van der Waals surface area contributed by atoms with E-state index in [1.165, 1.54) is 0 Å². The predicted octanol–water partition coefficient (Wildman–Crippen LogP) is 0.175. The molecule has 0 aromatic heterocycles. The molecule has 1 aliphatic heterocycles. The molecule has 3 N–H and O–H groups in total. The molecule has 2 rings (SSSR count). The van der Waals surface area contributed by atoms with Crippen LogP contribution in [0.4, 0.5) is 0 Å². The monoisotopic (exact) mass is 256 g/mol. The molecule has 5 heteroatoms. The normalized spacial score (nSPS) is 30.1. The lowest BCUT2D eigenvalue weighted by Gasteiger charge is -2.29. The van der Waals surface area contributed by atoms with Crippen molar-refractivity contribution in [2.75, 3.05) is 19.7 Å². The van der Waals surface area contributed by atoms with Gasteiger partial charge in [-0.1, -0.05) is 12.8 Å². The molecule has 18 heavy (non-hydrogen) atoms. The largest absolute Gasteiger partial charge is 0.391 e. The molecule has 1 aliphatic carbocycles. The molecule has 0 aromatic rings. The lowest BCUT2D eigenvalue weighted by molar-refractivity contribution is -0.130. The van der Waals surface area contributed by atoms with Gasteiger partial charge < -0.3 is 20.5 Å². The summed E-state index contributed by atoms with van der Waals surface area (Å²) in [6.45, 7) is 2.05. The van der Waals surface area contributed by atoms with E-state index in [2.05, 4.69) is 10.6 Å². The standard InChI is InChI=1S/C13H24N2O3/c16-12-4-2-1-3-11(12)15-13(17)9-18-10-5-7-14-8-6-10/h10-12,14,16H,1-9H2,(H,15,17). The van der Waals surface area contributed by atoms with Gasteiger partial charge in [0.2, 0.25) is 5.91 Å². The summed E-state index contributed by atoms with van der Waals surface area (Å²) < 4.78 is 5.59. The van der Waals surface area contributed by atoms with Crippen LogP contribution in [0.5, 0.6) is 0 Å². The highest BCUT2D eigenvalue weighted by molar-refractivity contribution is 5.77. The number of ether oxygens (including phenoxy) is 1. The van der Waals surface area contributed by atoms with E-state index in [9.17, 15) is 9.90 Å². The summed E-state index contributed by atoms with van der Waals surface area (Å²) in [4.78, 5) is 11.7. The fraction of sp³-hybridized carbons (Fsp3) is 0.923. The highest BCUT2D eigenvalue weighted by Crippen LogP contribution is 2.18. The third kappa shape index (κ3) is 4.23. The van der Waals surface area contributed by atoms with Crippen LogP contribution in [0.15, 0.2) is 0 Å². The van der Waals surface area contributed by atoms with E-state index in [0.717, 1.165) is 51.6 Å². The van der Waals surface area contributed by atoms with E-state index in [4.69, 9.17) is 4.74 Å². The van der Waals surface area contributed by atoms with Gasteiger partial charge in [-0.15, -0.1) is 0 Å². The molecule has 104 valence electrons. The number of hydrogen-bond donors (Lipinski definition) is 3. The van der Waals surface area contributed by atoms with Gasteiger partial charge in [-0.3, -0.25) is 4.79 Å². The summed E-state index contributed by atoms with van der Waals surface area (Å²) >= 11 is 0. The van der Waals surface area contributed by atoms with Gasteiger partial charge in [-0.25, -0.2) is 0 Å². The molecule has 0 aromatic carbocycles. The van der Waals surface area contributed by atoms with E-state index in [-0.39, 0.29) is 30.8 Å². The quantitative estimate of drug-likeness (QED) is 0.671. The van der Waals surface area contributed by atoms with Crippen LogP contribution < -0.4 is 10.6 Å². The zero-order valence-electron chi connectivity index (χ0n) is 10.9. The van der Waals surface area contributed by atoms with Crippen molar-refractivity contribution in [3.63, 3.8) is 0 Å². The number of carbonyl (C=O) groups excluding carboxylic acids is 1. The average Bonchev–Trinajstić information content (AvgIpc) is 2.40. The van der Waals surface area contributed by atoms with Crippen LogP contribution in [0, 0.1) is 0 Å². The van der Waals surface area contributed by atoms with E-state index < -0.39 is 0 Å². The number of aliphatic hydroxyl groups is 1. The number of carbonyl (C=O) groups is 1. The lowest BCUT2D eigenvalue weighted by atomic mass is 9.92. The number of amides is 1. The Kier molecular flexibility index (Phi) is 5.41. The third-order valence-electron chi connectivity index (χ3n) is 3.81. The Morgan fingerprint density at radius 1 is 1.22 bits per heavy atom. The summed E-state index contributed by atoms with van der Waals surface area (Å²) in [5, 5.41) is 15.9. The number of aliphatic hydroxyl groups excluding tert-OH is 1. The van der Waals surface area contributed by atoms with Crippen LogP contribution in [0.25, 0.3) is 0 Å². The Morgan fingerprint density at radius 2 is 1.94 bits per heavy atom. The minimum atomic E-state index is -0.387. The molecule has 2 fully saturated rings. The fourth-order valence-electron chi connectivity index (χ4n) is 2.68. The Morgan fingerprint density at radius 3 is 2.67 bits per heavy atom. The van der Waals surface area contributed by atoms with Gasteiger partial charge in [0.1, 0.15) is 6.61 Å². The van der Waals surface area contributed by atoms with Crippen LogP contribution in [-0.4, -0.2) is 49.0 Å². The Hall–Kier alpha value is -0.650. The predicted molar refractivity (Wildman–Crippen MR) is 68.2 cm³/mol. The minimum absolute atomic E-state index is 0.0807. The second-order valence-corrected chi connectivity index (χ2v) is 5.29. The SMILES string of the molecule is O=C(COC1CCNCC1)NC1CCCCC1O. The van der Waals surface area contributed by atoms with Crippen molar-refractivity contribution in [2.24, 2.45) is 0 Å². The van der Waals surface area contributed by atoms with E-state index in [1.54, 1.807) is 0 Å². The summed E-state index contributed by atoms with van der Waals surface area (Å²) in [5.74, 6) is -0.0977. The molecule has 1 saturated carbocycles. The summed E-state index contributed by atoms with van der Waals surface area (Å²) in [5.41, 5.74) is 0. The topological polar surface area (TPSA) is 70.6 Å². The first-order valence-corrected chi connectivity index (χ1v) is 7.05. The smallest absolute Gasteiger partial charge is 0.246 e. The highest BCUT2D eigenvalue weighted by atomic mass is 16.5. The van der Waals surface area contributed by atoms with Gasteiger partial charge in [0.25, 0.3) is 0 Å². The number of hydrogen-bond acceptors (Lipinski definition) is 4. The van der Waals surface area contributed by atoms with E-state index in [1.807, 2.05) is 0 Å². The number of piperidine rings is 1. The van der Waals surface area contributed by atoms with Crippen molar-refractivity contribution < 1.29 is 14.6 Å². The first-order chi connectivity index (χ1) is 8.75. The lowest BCUT2D eigenvalue weighted by Crippen LogP contribution is -2.46. The van der Waals surface area contributed by atoms with Crippen molar-refractivity contribution in [2.45, 2.75) is 56.8 Å². The number of nitrogens with one attached hydrogen (secondary N) is 2. The third-order valence-corrected chi connectivity index (χ3v) is 3.81. The second-order valence-electron chi connectivity index (χ2n) is 5.29. The molecular formula is C13H24N2O3. The first kappa shape index (κ1) is 13.8. The Bertz CT molecular complexity index is 267. The Labute approximate surface area is 108 Å². The zero-order chi connectivity index (χ0) is 12.8. The summed E-state index contributed by atoms with van der Waals surface area (Å²) in [7, 11) is 0. The maximum Gasteiger partial charge on any atom is 0.246 e. The van der Waals surface area contributed by atoms with Crippen molar-refractivity contribution in [1.82, 2.24) is 10.6 Å². The van der Waals surface area contributed by atoms with Crippen LogP contribution in [-0.2, 0) is 9.53 Å². The van der Waals surface area contributed by atoms with Gasteiger partial charge >= 0.3 is 0 Å². The van der Waals surface area contributed by atoms with Crippen molar-refractivity contribution in [3.8, 4) is 0 Å². The molecule has 0 spiro atoms. The van der Waals surface area contributed by atoms with Crippen LogP contribution in [0.3, 0.4) is 0 Å². The number of rotatable bonds is 4. The molecule has 5 nitrogen and oxygen atoms in total. The first-order valence-electron chi connectivity index (χ1n) is 7.05.